The van der Waals surface area contributed by atoms with Gasteiger partial charge < -0.3 is 19.5 Å². The van der Waals surface area contributed by atoms with E-state index in [2.05, 4.69) is 37.7 Å². The van der Waals surface area contributed by atoms with Gasteiger partial charge in [0, 0.05) is 80.0 Å². The van der Waals surface area contributed by atoms with E-state index in [1.54, 1.807) is 30.8 Å². The Kier molecular flexibility index (Phi) is 6.01. The second-order valence-electron chi connectivity index (χ2n) is 8.25. The van der Waals surface area contributed by atoms with Gasteiger partial charge in [-0.3, -0.25) is 9.36 Å². The van der Waals surface area contributed by atoms with E-state index >= 15 is 0 Å². The van der Waals surface area contributed by atoms with Gasteiger partial charge in [0.15, 0.2) is 10.6 Å². The number of fused-ring (bicyclic) bond motifs is 1. The Balaban J connectivity index is 1.61. The third-order valence-corrected chi connectivity index (χ3v) is 7.25. The van der Waals surface area contributed by atoms with Gasteiger partial charge in [0.05, 0.1) is 17.7 Å². The topological polar surface area (TPSA) is 77.2 Å². The lowest BCUT2D eigenvalue weighted by atomic mass is 10.1. The number of hydrogen-bond donors (Lipinski definition) is 1. The first-order valence-electron chi connectivity index (χ1n) is 11.2. The second kappa shape index (κ2) is 9.09. The second-order valence-corrected chi connectivity index (χ2v) is 9.12. The van der Waals surface area contributed by atoms with E-state index in [1.807, 2.05) is 41.5 Å². The van der Waals surface area contributed by atoms with Crippen LogP contribution in [-0.4, -0.2) is 58.5 Å². The highest BCUT2D eigenvalue weighted by Crippen LogP contribution is 2.28. The van der Waals surface area contributed by atoms with E-state index < -0.39 is 0 Å². The molecule has 0 bridgehead atoms. The molecule has 5 rings (SSSR count). The first-order chi connectivity index (χ1) is 16.1. The fourth-order valence-electron chi connectivity index (χ4n) is 4.65. The average Bonchev–Trinajstić information content (AvgIpc) is 3.61. The number of imidazole rings is 1. The van der Waals surface area contributed by atoms with Gasteiger partial charge in [0.2, 0.25) is 0 Å². The van der Waals surface area contributed by atoms with Crippen LogP contribution in [0.25, 0.3) is 16.0 Å². The molecule has 0 amide bonds. The van der Waals surface area contributed by atoms with E-state index in [1.165, 1.54) is 0 Å². The number of hydrogen-bond acceptors (Lipinski definition) is 7. The molecule has 1 N–H and O–H groups in total. The zero-order valence-electron chi connectivity index (χ0n) is 19.1. The van der Waals surface area contributed by atoms with Crippen LogP contribution in [0.4, 0.5) is 5.69 Å². The monoisotopic (exact) mass is 464 g/mol. The number of rotatable bonds is 7. The van der Waals surface area contributed by atoms with Crippen LogP contribution >= 0.6 is 11.3 Å². The van der Waals surface area contributed by atoms with E-state index in [4.69, 9.17) is 4.74 Å². The van der Waals surface area contributed by atoms with Gasteiger partial charge >= 0.3 is 0 Å². The summed E-state index contributed by atoms with van der Waals surface area (Å²) in [6.07, 6.45) is 8.06. The molecular formula is C24H28N6O2S. The molecule has 0 unspecified atom stereocenters. The van der Waals surface area contributed by atoms with Crippen LogP contribution < -0.4 is 15.6 Å². The number of aromatic nitrogens is 4. The number of ether oxygens (including phenoxy) is 1. The number of pyridine rings is 1. The summed E-state index contributed by atoms with van der Waals surface area (Å²) in [6, 6.07) is 6.34. The van der Waals surface area contributed by atoms with Crippen molar-refractivity contribution in [2.75, 3.05) is 32.1 Å². The summed E-state index contributed by atoms with van der Waals surface area (Å²) < 4.78 is 9.77. The van der Waals surface area contributed by atoms with Crippen molar-refractivity contribution in [2.24, 2.45) is 0 Å². The minimum Gasteiger partial charge on any atom is -0.378 e. The molecule has 0 aliphatic carbocycles. The van der Waals surface area contributed by atoms with Crippen molar-refractivity contribution < 1.29 is 4.74 Å². The fraction of sp³-hybridized carbons (Fsp3) is 0.375. The molecule has 0 saturated carbocycles. The number of thiazole rings is 1. The molecule has 9 heteroatoms. The standard InChI is InChI=1S/C24H28N6O2S/c1-4-28-9-7-26-22(28)11-16-13-30(24-27-8-10-33-24)20-12-17(5-6-18(20)23(16)31)29-14-19(25-2)21(15-29)32-3/h5-10,12-13,19,21,25H,4,11,14-15H2,1-3H3/t19-,21-/m0/s1. The zero-order valence-corrected chi connectivity index (χ0v) is 19.9. The maximum absolute atomic E-state index is 13.5. The number of benzene rings is 1. The van der Waals surface area contributed by atoms with Gasteiger partial charge in [-0.2, -0.15) is 0 Å². The molecule has 33 heavy (non-hydrogen) atoms. The van der Waals surface area contributed by atoms with Crippen molar-refractivity contribution in [2.45, 2.75) is 32.0 Å². The minimum absolute atomic E-state index is 0.0410. The Labute approximate surface area is 196 Å². The van der Waals surface area contributed by atoms with Crippen LogP contribution in [0.5, 0.6) is 0 Å². The zero-order chi connectivity index (χ0) is 22.9. The molecule has 172 valence electrons. The third kappa shape index (κ3) is 3.96. The Morgan fingerprint density at radius 3 is 2.82 bits per heavy atom. The van der Waals surface area contributed by atoms with Gasteiger partial charge in [-0.25, -0.2) is 9.97 Å². The van der Waals surface area contributed by atoms with Crippen molar-refractivity contribution >= 4 is 27.9 Å². The number of aryl methyl sites for hydroxylation is 1. The lowest BCUT2D eigenvalue weighted by molar-refractivity contribution is 0.0996. The normalized spacial score (nSPS) is 18.5. The molecule has 0 radical (unpaired) electrons. The van der Waals surface area contributed by atoms with E-state index in [-0.39, 0.29) is 17.6 Å². The van der Waals surface area contributed by atoms with Crippen molar-refractivity contribution in [1.29, 1.82) is 0 Å². The molecule has 4 heterocycles. The maximum Gasteiger partial charge on any atom is 0.193 e. The number of likely N-dealkylation sites (N-methyl/N-ethyl adjacent to an activating group) is 1. The first kappa shape index (κ1) is 21.8. The number of anilines is 1. The van der Waals surface area contributed by atoms with Crippen molar-refractivity contribution in [3.8, 4) is 5.13 Å². The molecule has 2 atom stereocenters. The molecule has 3 aromatic heterocycles. The highest BCUT2D eigenvalue weighted by atomic mass is 32.1. The quantitative estimate of drug-likeness (QED) is 0.453. The van der Waals surface area contributed by atoms with Crippen LogP contribution in [0.3, 0.4) is 0 Å². The van der Waals surface area contributed by atoms with Crippen molar-refractivity contribution in [1.82, 2.24) is 24.4 Å². The van der Waals surface area contributed by atoms with Crippen LogP contribution in [0.2, 0.25) is 0 Å². The minimum atomic E-state index is 0.0410. The van der Waals surface area contributed by atoms with Crippen molar-refractivity contribution in [3.63, 3.8) is 0 Å². The smallest absolute Gasteiger partial charge is 0.193 e. The lowest BCUT2D eigenvalue weighted by Gasteiger charge is -2.20. The van der Waals surface area contributed by atoms with Crippen molar-refractivity contribution in [3.05, 3.63) is 70.0 Å². The Hall–Kier alpha value is -3.01. The van der Waals surface area contributed by atoms with E-state index in [0.717, 1.165) is 41.8 Å². The molecule has 1 saturated heterocycles. The summed E-state index contributed by atoms with van der Waals surface area (Å²) in [5, 5.41) is 6.82. The summed E-state index contributed by atoms with van der Waals surface area (Å²) in [7, 11) is 3.72. The third-order valence-electron chi connectivity index (χ3n) is 6.48. The molecule has 4 aromatic rings. The molecule has 0 spiro atoms. The lowest BCUT2D eigenvalue weighted by Crippen LogP contribution is -2.37. The largest absolute Gasteiger partial charge is 0.378 e. The molecule has 1 fully saturated rings. The number of methoxy groups -OCH3 is 1. The SMILES string of the molecule is CCn1ccnc1Cc1cn(-c2nccs2)c2cc(N3C[C@H](NC)[C@@H](OC)C3)ccc2c1=O. The Morgan fingerprint density at radius 1 is 1.24 bits per heavy atom. The number of nitrogens with one attached hydrogen (secondary N) is 1. The van der Waals surface area contributed by atoms with Crippen LogP contribution in [0, 0.1) is 0 Å². The summed E-state index contributed by atoms with van der Waals surface area (Å²) in [5.41, 5.74) is 2.68. The molecule has 1 aromatic carbocycles. The molecule has 1 aliphatic heterocycles. The predicted molar refractivity (Wildman–Crippen MR) is 132 cm³/mol. The fourth-order valence-corrected chi connectivity index (χ4v) is 5.28. The summed E-state index contributed by atoms with van der Waals surface area (Å²) in [4.78, 5) is 24.8. The van der Waals surface area contributed by atoms with Gasteiger partial charge in [-0.15, -0.1) is 11.3 Å². The van der Waals surface area contributed by atoms with Crippen LogP contribution in [-0.2, 0) is 17.7 Å². The van der Waals surface area contributed by atoms with Crippen LogP contribution in [0.15, 0.2) is 53.2 Å². The summed E-state index contributed by atoms with van der Waals surface area (Å²) >= 11 is 1.55. The molecule has 1 aliphatic rings. The van der Waals surface area contributed by atoms with E-state index in [0.29, 0.717) is 17.4 Å². The first-order valence-corrected chi connectivity index (χ1v) is 12.0. The summed E-state index contributed by atoms with van der Waals surface area (Å²) in [5.74, 6) is 0.886. The van der Waals surface area contributed by atoms with Gasteiger partial charge in [0.1, 0.15) is 5.82 Å². The molecule has 8 nitrogen and oxygen atoms in total. The van der Waals surface area contributed by atoms with Gasteiger partial charge in [0.25, 0.3) is 0 Å². The predicted octanol–water partition coefficient (Wildman–Crippen LogP) is 2.68. The Bertz CT molecular complexity index is 1300. The van der Waals surface area contributed by atoms with Gasteiger partial charge in [-0.1, -0.05) is 0 Å². The summed E-state index contributed by atoms with van der Waals surface area (Å²) in [6.45, 7) is 4.54. The highest BCUT2D eigenvalue weighted by molar-refractivity contribution is 7.12. The average molecular weight is 465 g/mol. The van der Waals surface area contributed by atoms with Gasteiger partial charge in [-0.05, 0) is 32.2 Å². The number of nitrogens with zero attached hydrogens (tertiary/aromatic N) is 5. The Morgan fingerprint density at radius 2 is 2.12 bits per heavy atom. The maximum atomic E-state index is 13.5. The highest BCUT2D eigenvalue weighted by Gasteiger charge is 2.32. The van der Waals surface area contributed by atoms with E-state index in [9.17, 15) is 4.79 Å². The molecular weight excluding hydrogens is 436 g/mol. The van der Waals surface area contributed by atoms with Crippen LogP contribution in [0.1, 0.15) is 18.3 Å².